The maximum absolute atomic E-state index is 13.8. The van der Waals surface area contributed by atoms with E-state index in [1.807, 2.05) is 0 Å². The number of morpholine rings is 1. The summed E-state index contributed by atoms with van der Waals surface area (Å²) in [7, 11) is 0. The van der Waals surface area contributed by atoms with Gasteiger partial charge < -0.3 is 14.8 Å². The van der Waals surface area contributed by atoms with Crippen LogP contribution < -0.4 is 10.1 Å². The summed E-state index contributed by atoms with van der Waals surface area (Å²) in [5.74, 6) is -0.674. The minimum absolute atomic E-state index is 0.0119. The first-order valence-electron chi connectivity index (χ1n) is 9.03. The van der Waals surface area contributed by atoms with E-state index in [0.717, 1.165) is 6.07 Å². The number of benzene rings is 2. The molecule has 1 saturated heterocycles. The van der Waals surface area contributed by atoms with E-state index >= 15 is 0 Å². The van der Waals surface area contributed by atoms with Crippen molar-refractivity contribution >= 4 is 0 Å². The lowest BCUT2D eigenvalue weighted by Crippen LogP contribution is -2.33. The van der Waals surface area contributed by atoms with Crippen molar-refractivity contribution in [2.75, 3.05) is 19.7 Å². The lowest BCUT2D eigenvalue weighted by atomic mass is 10.0. The molecule has 1 heterocycles. The Morgan fingerprint density at radius 2 is 1.63 bits per heavy atom. The second-order valence-electron chi connectivity index (χ2n) is 6.84. The summed E-state index contributed by atoms with van der Waals surface area (Å²) in [6.45, 7) is 2.71. The van der Waals surface area contributed by atoms with E-state index in [9.17, 15) is 30.7 Å². The van der Waals surface area contributed by atoms with Crippen LogP contribution in [-0.4, -0.2) is 19.7 Å². The van der Waals surface area contributed by atoms with Gasteiger partial charge in [-0.3, -0.25) is 0 Å². The van der Waals surface area contributed by atoms with E-state index < -0.39 is 41.5 Å². The summed E-state index contributed by atoms with van der Waals surface area (Å²) < 4.78 is 104. The molecule has 1 fully saturated rings. The number of hydrogen-bond donors (Lipinski definition) is 1. The van der Waals surface area contributed by atoms with Crippen LogP contribution in [0.25, 0.3) is 0 Å². The third-order valence-corrected chi connectivity index (χ3v) is 4.63. The van der Waals surface area contributed by atoms with Gasteiger partial charge in [-0.1, -0.05) is 0 Å². The molecular formula is C20H18F7NO2. The van der Waals surface area contributed by atoms with Gasteiger partial charge in [-0.15, -0.1) is 0 Å². The molecule has 0 amide bonds. The van der Waals surface area contributed by atoms with Gasteiger partial charge in [-0.25, -0.2) is 4.39 Å². The number of rotatable bonds is 4. The molecule has 2 aromatic carbocycles. The molecule has 0 bridgehead atoms. The van der Waals surface area contributed by atoms with Crippen molar-refractivity contribution < 1.29 is 40.2 Å². The fraction of sp³-hybridized carbons (Fsp3) is 0.400. The molecule has 164 valence electrons. The summed E-state index contributed by atoms with van der Waals surface area (Å²) in [5.41, 5.74) is -2.78. The summed E-state index contributed by atoms with van der Waals surface area (Å²) >= 11 is 0. The molecule has 0 radical (unpaired) electrons. The maximum Gasteiger partial charge on any atom is 0.416 e. The van der Waals surface area contributed by atoms with Gasteiger partial charge >= 0.3 is 12.4 Å². The summed E-state index contributed by atoms with van der Waals surface area (Å²) in [6.07, 6.45) is -11.7. The second-order valence-corrected chi connectivity index (χ2v) is 6.84. The number of hydrogen-bond acceptors (Lipinski definition) is 3. The van der Waals surface area contributed by atoms with Gasteiger partial charge in [-0.2, -0.15) is 26.3 Å². The zero-order valence-corrected chi connectivity index (χ0v) is 15.7. The Labute approximate surface area is 167 Å². The lowest BCUT2D eigenvalue weighted by molar-refractivity contribution is -0.143. The van der Waals surface area contributed by atoms with Crippen molar-refractivity contribution in [3.8, 4) is 5.75 Å². The van der Waals surface area contributed by atoms with Gasteiger partial charge in [0, 0.05) is 24.7 Å². The molecule has 0 aromatic heterocycles. The van der Waals surface area contributed by atoms with Crippen LogP contribution in [-0.2, 0) is 17.1 Å². The van der Waals surface area contributed by atoms with Crippen LogP contribution in [0.4, 0.5) is 30.7 Å². The van der Waals surface area contributed by atoms with Crippen molar-refractivity contribution in [1.29, 1.82) is 0 Å². The molecule has 0 unspecified atom stereocenters. The molecule has 1 aliphatic rings. The summed E-state index contributed by atoms with van der Waals surface area (Å²) in [4.78, 5) is 0. The molecular weight excluding hydrogens is 419 g/mol. The molecule has 3 rings (SSSR count). The Balaban J connectivity index is 1.96. The predicted molar refractivity (Wildman–Crippen MR) is 93.5 cm³/mol. The quantitative estimate of drug-likeness (QED) is 0.626. The van der Waals surface area contributed by atoms with Gasteiger partial charge in [0.2, 0.25) is 0 Å². The highest BCUT2D eigenvalue weighted by Gasteiger charge is 2.37. The summed E-state index contributed by atoms with van der Waals surface area (Å²) in [5, 5.41) is 3.08. The topological polar surface area (TPSA) is 30.5 Å². The van der Waals surface area contributed by atoms with Crippen molar-refractivity contribution in [3.05, 3.63) is 64.5 Å². The smallest absolute Gasteiger partial charge is 0.416 e. The zero-order valence-electron chi connectivity index (χ0n) is 15.7. The Hall–Kier alpha value is -2.33. The Morgan fingerprint density at radius 1 is 1.00 bits per heavy atom. The number of alkyl halides is 6. The van der Waals surface area contributed by atoms with Crippen molar-refractivity contribution in [1.82, 2.24) is 5.32 Å². The fourth-order valence-corrected chi connectivity index (χ4v) is 3.11. The third kappa shape index (κ3) is 5.23. The Morgan fingerprint density at radius 3 is 2.17 bits per heavy atom. The van der Waals surface area contributed by atoms with E-state index in [1.54, 1.807) is 0 Å². The van der Waals surface area contributed by atoms with E-state index in [-0.39, 0.29) is 17.4 Å². The minimum Gasteiger partial charge on any atom is -0.486 e. The molecule has 0 aliphatic carbocycles. The lowest BCUT2D eigenvalue weighted by Gasteiger charge is -2.27. The van der Waals surface area contributed by atoms with E-state index in [4.69, 9.17) is 9.47 Å². The first kappa shape index (κ1) is 22.4. The highest BCUT2D eigenvalue weighted by Crippen LogP contribution is 2.39. The van der Waals surface area contributed by atoms with E-state index in [1.165, 1.54) is 19.1 Å². The molecule has 1 aliphatic heterocycles. The standard InChI is InChI=1S/C20H18F7NO2/c1-11(12-6-13(19(22,23)24)8-14(7-12)20(25,26)27)30-17-9-15(21)2-3-16(17)18-10-28-4-5-29-18/h2-3,6-9,11,18,28H,4-5,10H2,1H3/t11-,18-/m1/s1. The normalized spacial score (nSPS) is 18.9. The van der Waals surface area contributed by atoms with Crippen LogP contribution in [0.5, 0.6) is 5.75 Å². The van der Waals surface area contributed by atoms with Gasteiger partial charge in [0.1, 0.15) is 17.7 Å². The molecule has 1 N–H and O–H groups in total. The average Bonchev–Trinajstić information content (AvgIpc) is 2.67. The monoisotopic (exact) mass is 437 g/mol. The van der Waals surface area contributed by atoms with Crippen LogP contribution in [0.15, 0.2) is 36.4 Å². The second kappa shape index (κ2) is 8.43. The predicted octanol–water partition coefficient (Wildman–Crippen LogP) is 5.66. The average molecular weight is 437 g/mol. The van der Waals surface area contributed by atoms with Gasteiger partial charge in [-0.05, 0) is 42.8 Å². The third-order valence-electron chi connectivity index (χ3n) is 4.63. The van der Waals surface area contributed by atoms with Gasteiger partial charge in [0.25, 0.3) is 0 Å². The minimum atomic E-state index is -4.97. The van der Waals surface area contributed by atoms with Gasteiger partial charge in [0.05, 0.1) is 23.8 Å². The molecule has 10 heteroatoms. The highest BCUT2D eigenvalue weighted by molar-refractivity contribution is 5.39. The Bertz CT molecular complexity index is 857. The van der Waals surface area contributed by atoms with E-state index in [2.05, 4.69) is 5.32 Å². The highest BCUT2D eigenvalue weighted by atomic mass is 19.4. The molecule has 2 aromatic rings. The molecule has 2 atom stereocenters. The largest absolute Gasteiger partial charge is 0.486 e. The molecule has 3 nitrogen and oxygen atoms in total. The number of halogens is 7. The number of ether oxygens (including phenoxy) is 2. The van der Waals surface area contributed by atoms with Gasteiger partial charge in [0.15, 0.2) is 0 Å². The fourth-order valence-electron chi connectivity index (χ4n) is 3.11. The molecule has 30 heavy (non-hydrogen) atoms. The maximum atomic E-state index is 13.8. The van der Waals surface area contributed by atoms with Crippen LogP contribution in [0.3, 0.4) is 0 Å². The SMILES string of the molecule is C[C@@H](Oc1cc(F)ccc1[C@H]1CNCCO1)c1cc(C(F)(F)F)cc(C(F)(F)F)c1. The van der Waals surface area contributed by atoms with Crippen molar-refractivity contribution in [2.24, 2.45) is 0 Å². The van der Waals surface area contributed by atoms with Crippen LogP contribution in [0.2, 0.25) is 0 Å². The summed E-state index contributed by atoms with van der Waals surface area (Å²) in [6, 6.07) is 4.86. The van der Waals surface area contributed by atoms with Crippen molar-refractivity contribution in [2.45, 2.75) is 31.5 Å². The zero-order chi connectivity index (χ0) is 22.1. The first-order chi connectivity index (χ1) is 13.9. The Kier molecular flexibility index (Phi) is 6.28. The van der Waals surface area contributed by atoms with Crippen molar-refractivity contribution in [3.63, 3.8) is 0 Å². The molecule has 0 spiro atoms. The van der Waals surface area contributed by atoms with Crippen LogP contribution in [0.1, 0.15) is 41.4 Å². The van der Waals surface area contributed by atoms with Crippen LogP contribution in [0, 0.1) is 5.82 Å². The molecule has 0 saturated carbocycles. The number of nitrogens with one attached hydrogen (secondary N) is 1. The first-order valence-corrected chi connectivity index (χ1v) is 9.03. The van der Waals surface area contributed by atoms with E-state index in [0.29, 0.717) is 37.4 Å². The van der Waals surface area contributed by atoms with Crippen LogP contribution >= 0.6 is 0 Å².